The zero-order chi connectivity index (χ0) is 21.9. The van der Waals surface area contributed by atoms with Crippen molar-refractivity contribution in [1.82, 2.24) is 19.9 Å². The van der Waals surface area contributed by atoms with E-state index in [0.717, 1.165) is 67.2 Å². The lowest BCUT2D eigenvalue weighted by molar-refractivity contribution is 0.0579. The van der Waals surface area contributed by atoms with Crippen molar-refractivity contribution in [3.8, 4) is 0 Å². The first-order valence-corrected chi connectivity index (χ1v) is 12.9. The van der Waals surface area contributed by atoms with Gasteiger partial charge < -0.3 is 14.9 Å². The van der Waals surface area contributed by atoms with Crippen molar-refractivity contribution in [3.05, 3.63) is 35.0 Å². The summed E-state index contributed by atoms with van der Waals surface area (Å²) in [5.74, 6) is 2.77. The van der Waals surface area contributed by atoms with E-state index >= 15 is 0 Å². The van der Waals surface area contributed by atoms with Crippen LogP contribution < -0.4 is 9.80 Å². The third kappa shape index (κ3) is 3.16. The number of aliphatic hydroxyl groups excluding tert-OH is 1. The largest absolute Gasteiger partial charge is 0.391 e. The molecule has 168 valence electrons. The van der Waals surface area contributed by atoms with E-state index in [9.17, 15) is 9.32 Å². The van der Waals surface area contributed by atoms with Crippen molar-refractivity contribution in [2.24, 2.45) is 0 Å². The number of rotatable bonds is 3. The Kier molecular flexibility index (Phi) is 4.96. The fourth-order valence-corrected chi connectivity index (χ4v) is 6.85. The number of aliphatic hydroxyl groups is 1. The number of aromatic nitrogens is 4. The number of fused-ring (bicyclic) bond motifs is 1. The molecule has 0 radical (unpaired) electrons. The molecule has 8 nitrogen and oxygen atoms in total. The van der Waals surface area contributed by atoms with Crippen LogP contribution >= 0.6 is 11.6 Å². The normalized spacial score (nSPS) is 26.2. The Morgan fingerprint density at radius 1 is 1.16 bits per heavy atom. The van der Waals surface area contributed by atoms with Crippen molar-refractivity contribution >= 4 is 39.7 Å². The number of aryl methyl sites for hydroxylation is 1. The van der Waals surface area contributed by atoms with Crippen molar-refractivity contribution in [2.45, 2.75) is 55.1 Å². The van der Waals surface area contributed by atoms with Gasteiger partial charge >= 0.3 is 0 Å². The summed E-state index contributed by atoms with van der Waals surface area (Å²) in [7, 11) is -1.08. The zero-order valence-corrected chi connectivity index (χ0v) is 19.3. The van der Waals surface area contributed by atoms with E-state index in [-0.39, 0.29) is 11.6 Å². The van der Waals surface area contributed by atoms with Crippen LogP contribution in [0.5, 0.6) is 0 Å². The van der Waals surface area contributed by atoms with E-state index in [1.165, 1.54) is 0 Å². The SMILES string of the molecule is O=[S@@]1CCc2nc(N3CC=C(c4ncc(Cl)cn4)CC3)nc(N3CC[C@H](O)C34CCC4)c21. The molecule has 10 heteroatoms. The monoisotopic (exact) mass is 472 g/mol. The Labute approximate surface area is 194 Å². The second-order valence-electron chi connectivity index (χ2n) is 8.99. The highest BCUT2D eigenvalue weighted by Crippen LogP contribution is 2.49. The molecule has 5 heterocycles. The lowest BCUT2D eigenvalue weighted by atomic mass is 9.73. The number of nitrogens with zero attached hydrogens (tertiary/aromatic N) is 6. The molecule has 32 heavy (non-hydrogen) atoms. The molecule has 1 saturated carbocycles. The molecule has 3 aliphatic heterocycles. The molecule has 1 saturated heterocycles. The number of hydrogen-bond acceptors (Lipinski definition) is 8. The molecule has 2 atom stereocenters. The fourth-order valence-electron chi connectivity index (χ4n) is 5.40. The Balaban J connectivity index is 1.33. The molecule has 0 bridgehead atoms. The minimum absolute atomic E-state index is 0.243. The predicted molar refractivity (Wildman–Crippen MR) is 123 cm³/mol. The summed E-state index contributed by atoms with van der Waals surface area (Å²) in [4.78, 5) is 23.7. The molecule has 1 aliphatic carbocycles. The molecule has 4 aliphatic rings. The van der Waals surface area contributed by atoms with Gasteiger partial charge in [0, 0.05) is 44.2 Å². The van der Waals surface area contributed by atoms with Gasteiger partial charge in [0.2, 0.25) is 5.95 Å². The summed E-state index contributed by atoms with van der Waals surface area (Å²) < 4.78 is 12.8. The second-order valence-corrected chi connectivity index (χ2v) is 10.9. The van der Waals surface area contributed by atoms with Gasteiger partial charge in [-0.2, -0.15) is 4.98 Å². The number of halogens is 1. The van der Waals surface area contributed by atoms with Crippen LogP contribution in [0.4, 0.5) is 11.8 Å². The topological polar surface area (TPSA) is 95.3 Å². The van der Waals surface area contributed by atoms with Crippen LogP contribution in [0.2, 0.25) is 5.02 Å². The molecule has 6 rings (SSSR count). The summed E-state index contributed by atoms with van der Waals surface area (Å²) in [5, 5.41) is 11.2. The number of hydrogen-bond donors (Lipinski definition) is 1. The van der Waals surface area contributed by atoms with Gasteiger partial charge in [-0.25, -0.2) is 15.0 Å². The van der Waals surface area contributed by atoms with Crippen molar-refractivity contribution < 1.29 is 9.32 Å². The lowest BCUT2D eigenvalue weighted by Crippen LogP contribution is -2.56. The summed E-state index contributed by atoms with van der Waals surface area (Å²) in [6.45, 7) is 2.17. The summed E-state index contributed by atoms with van der Waals surface area (Å²) >= 11 is 5.91. The van der Waals surface area contributed by atoms with E-state index < -0.39 is 10.8 Å². The van der Waals surface area contributed by atoms with Crippen LogP contribution in [0.1, 0.15) is 43.6 Å². The molecule has 2 aromatic heterocycles. The first-order chi connectivity index (χ1) is 15.5. The van der Waals surface area contributed by atoms with Crippen molar-refractivity contribution in [3.63, 3.8) is 0 Å². The molecule has 0 unspecified atom stereocenters. The molecule has 2 fully saturated rings. The molecular formula is C22H25ClN6O2S. The van der Waals surface area contributed by atoms with Crippen molar-refractivity contribution in [1.29, 1.82) is 0 Å². The molecule has 1 spiro atoms. The minimum atomic E-state index is -1.08. The molecule has 0 aromatic carbocycles. The molecule has 1 N–H and O–H groups in total. The maximum absolute atomic E-state index is 12.8. The van der Waals surface area contributed by atoms with E-state index in [1.54, 1.807) is 12.4 Å². The highest BCUT2D eigenvalue weighted by Gasteiger charge is 2.53. The van der Waals surface area contributed by atoms with E-state index in [2.05, 4.69) is 25.8 Å². The second kappa shape index (κ2) is 7.74. The zero-order valence-electron chi connectivity index (χ0n) is 17.7. The minimum Gasteiger partial charge on any atom is -0.391 e. The van der Waals surface area contributed by atoms with Gasteiger partial charge in [0.15, 0.2) is 11.6 Å². The third-order valence-electron chi connectivity index (χ3n) is 7.32. The van der Waals surface area contributed by atoms with Gasteiger partial charge in [0.25, 0.3) is 0 Å². The molecular weight excluding hydrogens is 448 g/mol. The maximum atomic E-state index is 12.8. The van der Waals surface area contributed by atoms with E-state index in [0.29, 0.717) is 35.5 Å². The Bertz CT molecular complexity index is 1120. The van der Waals surface area contributed by atoms with Crippen LogP contribution in [0, 0.1) is 0 Å². The summed E-state index contributed by atoms with van der Waals surface area (Å²) in [5.41, 5.74) is 1.75. The average Bonchev–Trinajstić information content (AvgIpc) is 3.34. The molecule has 2 aromatic rings. The van der Waals surface area contributed by atoms with Crippen LogP contribution in [-0.2, 0) is 17.2 Å². The van der Waals surface area contributed by atoms with Gasteiger partial charge in [-0.3, -0.25) is 4.21 Å². The van der Waals surface area contributed by atoms with E-state index in [4.69, 9.17) is 21.6 Å². The van der Waals surface area contributed by atoms with Gasteiger partial charge in [-0.15, -0.1) is 0 Å². The lowest BCUT2D eigenvalue weighted by Gasteiger charge is -2.48. The van der Waals surface area contributed by atoms with E-state index in [1.807, 2.05) is 0 Å². The number of anilines is 2. The van der Waals surface area contributed by atoms with Gasteiger partial charge in [-0.1, -0.05) is 17.7 Å². The van der Waals surface area contributed by atoms with Crippen molar-refractivity contribution in [2.75, 3.05) is 35.2 Å². The Hall–Kier alpha value is -2.10. The summed E-state index contributed by atoms with van der Waals surface area (Å²) in [6.07, 6.45) is 10.3. The smallest absolute Gasteiger partial charge is 0.227 e. The highest BCUT2D eigenvalue weighted by molar-refractivity contribution is 7.85. The van der Waals surface area contributed by atoms with Crippen LogP contribution in [-0.4, -0.2) is 66.3 Å². The van der Waals surface area contributed by atoms with Crippen LogP contribution in [0.15, 0.2) is 23.4 Å². The average molecular weight is 473 g/mol. The fraction of sp³-hybridized carbons (Fsp3) is 0.545. The third-order valence-corrected chi connectivity index (χ3v) is 8.96. The Morgan fingerprint density at radius 3 is 2.66 bits per heavy atom. The first kappa shape index (κ1) is 20.5. The first-order valence-electron chi connectivity index (χ1n) is 11.2. The molecule has 0 amide bonds. The Morgan fingerprint density at radius 2 is 1.97 bits per heavy atom. The van der Waals surface area contributed by atoms with Crippen LogP contribution in [0.3, 0.4) is 0 Å². The van der Waals surface area contributed by atoms with Crippen LogP contribution in [0.25, 0.3) is 5.57 Å². The van der Waals surface area contributed by atoms with Gasteiger partial charge in [-0.05, 0) is 37.7 Å². The predicted octanol–water partition coefficient (Wildman–Crippen LogP) is 2.37. The quantitative estimate of drug-likeness (QED) is 0.727. The highest BCUT2D eigenvalue weighted by atomic mass is 35.5. The van der Waals surface area contributed by atoms with Gasteiger partial charge in [0.05, 0.1) is 33.2 Å². The summed E-state index contributed by atoms with van der Waals surface area (Å²) in [6, 6.07) is 0. The maximum Gasteiger partial charge on any atom is 0.227 e. The van der Waals surface area contributed by atoms with Gasteiger partial charge in [0.1, 0.15) is 4.90 Å². The standard InChI is InChI=1S/C22H25ClN6O2S/c23-15-12-24-19(25-13-15)14-2-8-28(9-3-14)21-26-16-5-11-32(31)18(16)20(27-21)29-10-4-17(30)22(29)6-1-7-22/h2,12-13,17,30H,1,3-11H2/t17-,32+/m0/s1.